The molecular formula is C22H27N3O2. The minimum absolute atomic E-state index is 0.0793. The number of amides is 3. The minimum Gasteiger partial charge on any atom is -0.338 e. The third kappa shape index (κ3) is 5.84. The quantitative estimate of drug-likeness (QED) is 0.780. The number of aryl methyl sites for hydroxylation is 1. The number of urea groups is 1. The smallest absolute Gasteiger partial charge is 0.319 e. The van der Waals surface area contributed by atoms with Crippen LogP contribution < -0.4 is 10.6 Å². The third-order valence-corrected chi connectivity index (χ3v) is 4.82. The van der Waals surface area contributed by atoms with E-state index in [0.717, 1.165) is 37.1 Å². The van der Waals surface area contributed by atoms with Gasteiger partial charge in [-0.25, -0.2) is 4.79 Å². The Hall–Kier alpha value is -2.82. The largest absolute Gasteiger partial charge is 0.338 e. The number of carbonyl (C=O) groups is 2. The number of rotatable bonds is 7. The Labute approximate surface area is 160 Å². The summed E-state index contributed by atoms with van der Waals surface area (Å²) >= 11 is 0. The van der Waals surface area contributed by atoms with Crippen LogP contribution in [0.25, 0.3) is 0 Å². The molecule has 0 aliphatic carbocycles. The molecule has 1 saturated heterocycles. The summed E-state index contributed by atoms with van der Waals surface area (Å²) in [5.41, 5.74) is 3.04. The van der Waals surface area contributed by atoms with Crippen molar-refractivity contribution in [2.24, 2.45) is 0 Å². The summed E-state index contributed by atoms with van der Waals surface area (Å²) in [7, 11) is 0. The summed E-state index contributed by atoms with van der Waals surface area (Å²) in [6, 6.07) is 17.8. The second-order valence-corrected chi connectivity index (χ2v) is 7.14. The first-order valence-electron chi connectivity index (χ1n) is 9.58. The van der Waals surface area contributed by atoms with Crippen molar-refractivity contribution in [3.05, 3.63) is 65.7 Å². The normalized spacial score (nSPS) is 14.9. The second-order valence-electron chi connectivity index (χ2n) is 7.14. The molecule has 0 bridgehead atoms. The molecule has 3 amide bonds. The van der Waals surface area contributed by atoms with E-state index in [9.17, 15) is 9.59 Å². The first-order valence-corrected chi connectivity index (χ1v) is 9.58. The van der Waals surface area contributed by atoms with Crippen LogP contribution in [-0.4, -0.2) is 29.4 Å². The molecule has 1 heterocycles. The van der Waals surface area contributed by atoms with Crippen LogP contribution in [0.3, 0.4) is 0 Å². The number of likely N-dealkylation sites (tertiary alicyclic amines) is 1. The molecule has 5 heteroatoms. The van der Waals surface area contributed by atoms with Crippen LogP contribution in [-0.2, 0) is 17.8 Å². The van der Waals surface area contributed by atoms with Gasteiger partial charge in [0.1, 0.15) is 0 Å². The van der Waals surface area contributed by atoms with Gasteiger partial charge in [0.05, 0.1) is 0 Å². The average molecular weight is 365 g/mol. The maximum atomic E-state index is 12.3. The van der Waals surface area contributed by atoms with Crippen LogP contribution >= 0.6 is 0 Å². The van der Waals surface area contributed by atoms with E-state index in [1.165, 1.54) is 5.56 Å². The molecule has 0 spiro atoms. The van der Waals surface area contributed by atoms with Gasteiger partial charge in [0.25, 0.3) is 0 Å². The van der Waals surface area contributed by atoms with Crippen molar-refractivity contribution in [1.29, 1.82) is 0 Å². The van der Waals surface area contributed by atoms with Crippen molar-refractivity contribution in [3.63, 3.8) is 0 Å². The van der Waals surface area contributed by atoms with E-state index in [-0.39, 0.29) is 18.0 Å². The van der Waals surface area contributed by atoms with Crippen molar-refractivity contribution >= 4 is 17.6 Å². The molecule has 3 rings (SSSR count). The van der Waals surface area contributed by atoms with Crippen molar-refractivity contribution in [3.8, 4) is 0 Å². The summed E-state index contributed by atoms with van der Waals surface area (Å²) in [6.45, 7) is 3.43. The fraction of sp³-hybridized carbons (Fsp3) is 0.364. The fourth-order valence-corrected chi connectivity index (χ4v) is 3.33. The Balaban J connectivity index is 1.47. The summed E-state index contributed by atoms with van der Waals surface area (Å²) in [5.74, 6) is 0.207. The van der Waals surface area contributed by atoms with E-state index < -0.39 is 0 Å². The molecule has 2 aromatic rings. The SMILES string of the molecule is CC(CCc1ccccc1)NC(=O)Nc1cccc(CN2CCCC2=O)c1. The Morgan fingerprint density at radius 1 is 1.11 bits per heavy atom. The van der Waals surface area contributed by atoms with Gasteiger partial charge >= 0.3 is 6.03 Å². The van der Waals surface area contributed by atoms with Crippen molar-refractivity contribution in [1.82, 2.24) is 10.2 Å². The molecule has 27 heavy (non-hydrogen) atoms. The number of hydrogen-bond acceptors (Lipinski definition) is 2. The zero-order chi connectivity index (χ0) is 19.1. The number of nitrogens with zero attached hydrogens (tertiary/aromatic N) is 1. The highest BCUT2D eigenvalue weighted by Gasteiger charge is 2.20. The van der Waals surface area contributed by atoms with Gasteiger partial charge in [0.15, 0.2) is 0 Å². The van der Waals surface area contributed by atoms with Gasteiger partial charge in [-0.3, -0.25) is 4.79 Å². The van der Waals surface area contributed by atoms with Crippen LogP contribution in [0.4, 0.5) is 10.5 Å². The summed E-state index contributed by atoms with van der Waals surface area (Å²) in [6.07, 6.45) is 3.39. The average Bonchev–Trinajstić information content (AvgIpc) is 3.06. The van der Waals surface area contributed by atoms with E-state index >= 15 is 0 Å². The Morgan fingerprint density at radius 3 is 2.63 bits per heavy atom. The highest BCUT2D eigenvalue weighted by atomic mass is 16.2. The van der Waals surface area contributed by atoms with Crippen LogP contribution in [0.2, 0.25) is 0 Å². The molecule has 142 valence electrons. The molecule has 1 atom stereocenters. The zero-order valence-corrected chi connectivity index (χ0v) is 15.8. The lowest BCUT2D eigenvalue weighted by atomic mass is 10.1. The van der Waals surface area contributed by atoms with Crippen LogP contribution in [0.5, 0.6) is 0 Å². The first-order chi connectivity index (χ1) is 13.1. The van der Waals surface area contributed by atoms with Crippen LogP contribution in [0.15, 0.2) is 54.6 Å². The van der Waals surface area contributed by atoms with Crippen molar-refractivity contribution in [2.75, 3.05) is 11.9 Å². The van der Waals surface area contributed by atoms with E-state index in [1.807, 2.05) is 54.3 Å². The van der Waals surface area contributed by atoms with Crippen molar-refractivity contribution in [2.45, 2.75) is 45.2 Å². The molecule has 2 N–H and O–H groups in total. The molecule has 1 fully saturated rings. The standard InChI is InChI=1S/C22H27N3O2/c1-17(12-13-18-7-3-2-4-8-18)23-22(27)24-20-10-5-9-19(15-20)16-25-14-6-11-21(25)26/h2-5,7-10,15,17H,6,11-14,16H2,1H3,(H2,23,24,27). The number of hydrogen-bond donors (Lipinski definition) is 2. The summed E-state index contributed by atoms with van der Waals surface area (Å²) in [4.78, 5) is 25.9. The highest BCUT2D eigenvalue weighted by molar-refractivity contribution is 5.89. The predicted octanol–water partition coefficient (Wildman–Crippen LogP) is 3.95. The molecule has 2 aromatic carbocycles. The van der Waals surface area contributed by atoms with Gasteiger partial charge in [-0.15, -0.1) is 0 Å². The van der Waals surface area contributed by atoms with Crippen LogP contribution in [0.1, 0.15) is 37.3 Å². The van der Waals surface area contributed by atoms with Gasteiger partial charge in [-0.05, 0) is 49.4 Å². The Kier molecular flexibility index (Phi) is 6.47. The molecule has 1 aliphatic rings. The Bertz CT molecular complexity index is 776. The van der Waals surface area contributed by atoms with Gasteiger partial charge in [-0.1, -0.05) is 42.5 Å². The molecular weight excluding hydrogens is 338 g/mol. The lowest BCUT2D eigenvalue weighted by Gasteiger charge is -2.17. The molecule has 5 nitrogen and oxygen atoms in total. The molecule has 0 radical (unpaired) electrons. The third-order valence-electron chi connectivity index (χ3n) is 4.82. The summed E-state index contributed by atoms with van der Waals surface area (Å²) < 4.78 is 0. The van der Waals surface area contributed by atoms with Crippen molar-refractivity contribution < 1.29 is 9.59 Å². The summed E-state index contributed by atoms with van der Waals surface area (Å²) in [5, 5.41) is 5.88. The maximum absolute atomic E-state index is 12.3. The number of nitrogens with one attached hydrogen (secondary N) is 2. The highest BCUT2D eigenvalue weighted by Crippen LogP contribution is 2.17. The van der Waals surface area contributed by atoms with E-state index in [0.29, 0.717) is 13.0 Å². The van der Waals surface area contributed by atoms with Gasteiger partial charge in [0.2, 0.25) is 5.91 Å². The monoisotopic (exact) mass is 365 g/mol. The molecule has 0 saturated carbocycles. The van der Waals surface area contributed by atoms with Gasteiger partial charge in [0, 0.05) is 31.2 Å². The number of benzene rings is 2. The predicted molar refractivity (Wildman–Crippen MR) is 107 cm³/mol. The first kappa shape index (κ1) is 19.0. The molecule has 0 aromatic heterocycles. The van der Waals surface area contributed by atoms with E-state index in [4.69, 9.17) is 0 Å². The maximum Gasteiger partial charge on any atom is 0.319 e. The Morgan fingerprint density at radius 2 is 1.89 bits per heavy atom. The topological polar surface area (TPSA) is 61.4 Å². The fourth-order valence-electron chi connectivity index (χ4n) is 3.33. The van der Waals surface area contributed by atoms with E-state index in [2.05, 4.69) is 22.8 Å². The minimum atomic E-state index is -0.204. The molecule has 1 aliphatic heterocycles. The number of carbonyl (C=O) groups excluding carboxylic acids is 2. The molecule has 1 unspecified atom stereocenters. The number of anilines is 1. The van der Waals surface area contributed by atoms with Gasteiger partial charge in [-0.2, -0.15) is 0 Å². The van der Waals surface area contributed by atoms with Gasteiger partial charge < -0.3 is 15.5 Å². The van der Waals surface area contributed by atoms with E-state index in [1.54, 1.807) is 0 Å². The second kappa shape index (κ2) is 9.21. The lowest BCUT2D eigenvalue weighted by Crippen LogP contribution is -2.36. The lowest BCUT2D eigenvalue weighted by molar-refractivity contribution is -0.128. The van der Waals surface area contributed by atoms with Crippen LogP contribution in [0, 0.1) is 0 Å². The zero-order valence-electron chi connectivity index (χ0n) is 15.8.